The molecule has 1 heterocycles. The monoisotopic (exact) mass is 234 g/mol. The van der Waals surface area contributed by atoms with Crippen LogP contribution in [0.1, 0.15) is 31.4 Å². The van der Waals surface area contributed by atoms with Crippen molar-refractivity contribution in [3.63, 3.8) is 0 Å². The molecule has 17 heavy (non-hydrogen) atoms. The van der Waals surface area contributed by atoms with Crippen LogP contribution in [-0.2, 0) is 0 Å². The summed E-state index contributed by atoms with van der Waals surface area (Å²) in [5, 5.41) is 13.4. The molecular formula is C14H22N2O. The molecule has 0 aromatic heterocycles. The number of nitrogens with zero attached hydrogens (tertiary/aromatic N) is 1. The third-order valence-electron chi connectivity index (χ3n) is 3.51. The average Bonchev–Trinajstić information content (AvgIpc) is 2.29. The maximum atomic E-state index is 9.81. The second-order valence-electron chi connectivity index (χ2n) is 5.05. The molecule has 0 spiro atoms. The van der Waals surface area contributed by atoms with Gasteiger partial charge in [0.05, 0.1) is 0 Å². The van der Waals surface area contributed by atoms with E-state index in [1.807, 2.05) is 18.2 Å². The predicted molar refractivity (Wildman–Crippen MR) is 70.2 cm³/mol. The Kier molecular flexibility index (Phi) is 4.02. The van der Waals surface area contributed by atoms with Gasteiger partial charge in [0, 0.05) is 24.2 Å². The fourth-order valence-corrected chi connectivity index (χ4v) is 2.60. The molecule has 1 fully saturated rings. The van der Waals surface area contributed by atoms with E-state index in [1.54, 1.807) is 6.07 Å². The summed E-state index contributed by atoms with van der Waals surface area (Å²) in [5.41, 5.74) is 0.987. The zero-order valence-corrected chi connectivity index (χ0v) is 10.7. The number of rotatable bonds is 3. The Labute approximate surface area is 103 Å². The summed E-state index contributed by atoms with van der Waals surface area (Å²) in [6, 6.07) is 8.30. The summed E-state index contributed by atoms with van der Waals surface area (Å²) in [6.45, 7) is 4.41. The highest BCUT2D eigenvalue weighted by Crippen LogP contribution is 2.24. The Morgan fingerprint density at radius 3 is 2.88 bits per heavy atom. The van der Waals surface area contributed by atoms with E-state index >= 15 is 0 Å². The number of benzene rings is 1. The quantitative estimate of drug-likeness (QED) is 0.841. The molecule has 0 amide bonds. The van der Waals surface area contributed by atoms with Crippen molar-refractivity contribution < 1.29 is 5.11 Å². The van der Waals surface area contributed by atoms with Gasteiger partial charge in [0.25, 0.3) is 0 Å². The van der Waals surface area contributed by atoms with Crippen LogP contribution in [0.4, 0.5) is 0 Å². The fraction of sp³-hybridized carbons (Fsp3) is 0.571. The van der Waals surface area contributed by atoms with E-state index in [0.29, 0.717) is 11.8 Å². The van der Waals surface area contributed by atoms with Crippen molar-refractivity contribution in [1.29, 1.82) is 0 Å². The first kappa shape index (κ1) is 12.4. The first-order valence-electron chi connectivity index (χ1n) is 6.39. The smallest absolute Gasteiger partial charge is 0.120 e. The highest BCUT2D eigenvalue weighted by atomic mass is 16.3. The molecule has 1 aromatic rings. The van der Waals surface area contributed by atoms with E-state index in [-0.39, 0.29) is 6.04 Å². The number of piperidine rings is 1. The SMILES string of the molecule is CC(NC1CCCN(C)C1)c1ccccc1O. The fourth-order valence-electron chi connectivity index (χ4n) is 2.60. The van der Waals surface area contributed by atoms with Gasteiger partial charge in [0.15, 0.2) is 0 Å². The Bertz CT molecular complexity index is 367. The third kappa shape index (κ3) is 3.20. The van der Waals surface area contributed by atoms with Gasteiger partial charge in [-0.05, 0) is 39.4 Å². The molecule has 3 nitrogen and oxygen atoms in total. The van der Waals surface area contributed by atoms with E-state index in [0.717, 1.165) is 12.1 Å². The molecule has 1 aliphatic heterocycles. The molecule has 0 bridgehead atoms. The van der Waals surface area contributed by atoms with Crippen molar-refractivity contribution in [3.8, 4) is 5.75 Å². The lowest BCUT2D eigenvalue weighted by Gasteiger charge is -2.32. The average molecular weight is 234 g/mol. The Morgan fingerprint density at radius 1 is 1.41 bits per heavy atom. The number of likely N-dealkylation sites (N-methyl/N-ethyl adjacent to an activating group) is 1. The second-order valence-corrected chi connectivity index (χ2v) is 5.05. The summed E-state index contributed by atoms with van der Waals surface area (Å²) in [7, 11) is 2.17. The topological polar surface area (TPSA) is 35.5 Å². The predicted octanol–water partition coefficient (Wildman–Crippen LogP) is 2.14. The summed E-state index contributed by atoms with van der Waals surface area (Å²) in [6.07, 6.45) is 2.48. The zero-order chi connectivity index (χ0) is 12.3. The molecule has 2 N–H and O–H groups in total. The molecule has 1 saturated heterocycles. The summed E-state index contributed by atoms with van der Waals surface area (Å²) in [4.78, 5) is 2.36. The molecule has 0 saturated carbocycles. The van der Waals surface area contributed by atoms with Crippen molar-refractivity contribution in [2.24, 2.45) is 0 Å². The molecule has 2 atom stereocenters. The molecule has 94 valence electrons. The van der Waals surface area contributed by atoms with Crippen LogP contribution in [0.5, 0.6) is 5.75 Å². The van der Waals surface area contributed by atoms with Crippen LogP contribution in [0.15, 0.2) is 24.3 Å². The first-order chi connectivity index (χ1) is 8.16. The number of para-hydroxylation sites is 1. The minimum absolute atomic E-state index is 0.202. The van der Waals surface area contributed by atoms with Crippen LogP contribution < -0.4 is 5.32 Å². The van der Waals surface area contributed by atoms with Crippen LogP contribution in [0, 0.1) is 0 Å². The maximum absolute atomic E-state index is 9.81. The molecule has 2 unspecified atom stereocenters. The largest absolute Gasteiger partial charge is 0.508 e. The Balaban J connectivity index is 1.97. The number of nitrogens with one attached hydrogen (secondary N) is 1. The van der Waals surface area contributed by atoms with Crippen molar-refractivity contribution >= 4 is 0 Å². The van der Waals surface area contributed by atoms with Gasteiger partial charge in [-0.2, -0.15) is 0 Å². The number of hydrogen-bond acceptors (Lipinski definition) is 3. The van der Waals surface area contributed by atoms with Gasteiger partial charge in [-0.3, -0.25) is 0 Å². The zero-order valence-electron chi connectivity index (χ0n) is 10.7. The second kappa shape index (κ2) is 5.52. The molecule has 0 radical (unpaired) electrons. The summed E-state index contributed by atoms with van der Waals surface area (Å²) >= 11 is 0. The van der Waals surface area contributed by atoms with Crippen LogP contribution in [0.2, 0.25) is 0 Å². The van der Waals surface area contributed by atoms with Gasteiger partial charge in [0.2, 0.25) is 0 Å². The normalized spacial score (nSPS) is 23.5. The van der Waals surface area contributed by atoms with Crippen molar-refractivity contribution in [2.75, 3.05) is 20.1 Å². The molecule has 0 aliphatic carbocycles. The number of hydrogen-bond donors (Lipinski definition) is 2. The third-order valence-corrected chi connectivity index (χ3v) is 3.51. The molecule has 3 heteroatoms. The molecule has 1 aromatic carbocycles. The summed E-state index contributed by atoms with van der Waals surface area (Å²) in [5.74, 6) is 0.386. The molecular weight excluding hydrogens is 212 g/mol. The van der Waals surface area contributed by atoms with Gasteiger partial charge >= 0.3 is 0 Å². The lowest BCUT2D eigenvalue weighted by Crippen LogP contribution is -2.44. The van der Waals surface area contributed by atoms with Crippen LogP contribution in [-0.4, -0.2) is 36.2 Å². The van der Waals surface area contributed by atoms with Gasteiger partial charge in [0.1, 0.15) is 5.75 Å². The van der Waals surface area contributed by atoms with Crippen molar-refractivity contribution in [3.05, 3.63) is 29.8 Å². The minimum atomic E-state index is 0.202. The van der Waals surface area contributed by atoms with E-state index < -0.39 is 0 Å². The Morgan fingerprint density at radius 2 is 2.18 bits per heavy atom. The van der Waals surface area contributed by atoms with Crippen LogP contribution in [0.25, 0.3) is 0 Å². The van der Waals surface area contributed by atoms with Crippen molar-refractivity contribution in [2.45, 2.75) is 31.8 Å². The maximum Gasteiger partial charge on any atom is 0.120 e. The minimum Gasteiger partial charge on any atom is -0.508 e. The first-order valence-corrected chi connectivity index (χ1v) is 6.39. The summed E-state index contributed by atoms with van der Waals surface area (Å²) < 4.78 is 0. The van der Waals surface area contributed by atoms with Gasteiger partial charge < -0.3 is 15.3 Å². The number of likely N-dealkylation sites (tertiary alicyclic amines) is 1. The van der Waals surface area contributed by atoms with Crippen LogP contribution >= 0.6 is 0 Å². The van der Waals surface area contributed by atoms with Crippen LogP contribution in [0.3, 0.4) is 0 Å². The lowest BCUT2D eigenvalue weighted by atomic mass is 10.0. The molecule has 2 rings (SSSR count). The standard InChI is InChI=1S/C14H22N2O/c1-11(13-7-3-4-8-14(13)17)15-12-6-5-9-16(2)10-12/h3-4,7-8,11-12,15,17H,5-6,9-10H2,1-2H3. The Hall–Kier alpha value is -1.06. The van der Waals surface area contributed by atoms with Gasteiger partial charge in [-0.25, -0.2) is 0 Å². The number of aromatic hydroxyl groups is 1. The van der Waals surface area contributed by atoms with E-state index in [4.69, 9.17) is 0 Å². The number of phenols is 1. The lowest BCUT2D eigenvalue weighted by molar-refractivity contribution is 0.218. The highest BCUT2D eigenvalue weighted by Gasteiger charge is 2.20. The van der Waals surface area contributed by atoms with Crippen molar-refractivity contribution in [1.82, 2.24) is 10.2 Å². The van der Waals surface area contributed by atoms with E-state index in [2.05, 4.69) is 24.2 Å². The van der Waals surface area contributed by atoms with Gasteiger partial charge in [-0.1, -0.05) is 18.2 Å². The van der Waals surface area contributed by atoms with E-state index in [1.165, 1.54) is 19.4 Å². The molecule has 1 aliphatic rings. The highest BCUT2D eigenvalue weighted by molar-refractivity contribution is 5.34. The van der Waals surface area contributed by atoms with Gasteiger partial charge in [-0.15, -0.1) is 0 Å². The van der Waals surface area contributed by atoms with E-state index in [9.17, 15) is 5.11 Å². The number of phenolic OH excluding ortho intramolecular Hbond substituents is 1.